The number of nitrogens with one attached hydrogen (secondary N) is 1. The molecule has 18 heavy (non-hydrogen) atoms. The van der Waals surface area contributed by atoms with Crippen molar-refractivity contribution in [2.45, 2.75) is 58.9 Å². The molecule has 1 aromatic rings. The Balaban J connectivity index is 2.27. The van der Waals surface area contributed by atoms with E-state index >= 15 is 0 Å². The van der Waals surface area contributed by atoms with Crippen molar-refractivity contribution in [3.63, 3.8) is 0 Å². The lowest BCUT2D eigenvalue weighted by Crippen LogP contribution is -2.19. The van der Waals surface area contributed by atoms with Crippen molar-refractivity contribution < 1.29 is 0 Å². The fourth-order valence-electron chi connectivity index (χ4n) is 2.61. The number of hydrogen-bond acceptors (Lipinski definition) is 3. The third-order valence-corrected chi connectivity index (χ3v) is 3.52. The van der Waals surface area contributed by atoms with E-state index < -0.39 is 0 Å². The van der Waals surface area contributed by atoms with E-state index in [0.717, 1.165) is 18.7 Å². The summed E-state index contributed by atoms with van der Waals surface area (Å²) in [6, 6.07) is 0.436. The number of nitrogens with zero attached hydrogens (tertiary/aromatic N) is 2. The van der Waals surface area contributed by atoms with E-state index in [4.69, 9.17) is 4.98 Å². The third-order valence-electron chi connectivity index (χ3n) is 3.52. The van der Waals surface area contributed by atoms with Crippen LogP contribution < -0.4 is 5.32 Å². The molecule has 0 aliphatic heterocycles. The van der Waals surface area contributed by atoms with E-state index in [1.807, 2.05) is 7.05 Å². The Bertz CT molecular complexity index is 407. The molecule has 1 aliphatic carbocycles. The predicted molar refractivity (Wildman–Crippen MR) is 74.5 cm³/mol. The largest absolute Gasteiger partial charge is 0.313 e. The van der Waals surface area contributed by atoms with Gasteiger partial charge in [0.05, 0.1) is 0 Å². The Hall–Kier alpha value is -0.960. The summed E-state index contributed by atoms with van der Waals surface area (Å²) in [4.78, 5) is 9.37. The third kappa shape index (κ3) is 3.29. The van der Waals surface area contributed by atoms with Gasteiger partial charge in [-0.2, -0.15) is 0 Å². The monoisotopic (exact) mass is 247 g/mol. The van der Waals surface area contributed by atoms with E-state index in [2.05, 4.69) is 37.3 Å². The molecule has 0 fully saturated rings. The Morgan fingerprint density at radius 2 is 2.11 bits per heavy atom. The highest BCUT2D eigenvalue weighted by molar-refractivity contribution is 5.23. The van der Waals surface area contributed by atoms with Crippen LogP contribution in [0, 0.1) is 5.41 Å². The second-order valence-electron chi connectivity index (χ2n) is 6.51. The average Bonchev–Trinajstić information content (AvgIpc) is 2.48. The second-order valence-corrected chi connectivity index (χ2v) is 6.51. The lowest BCUT2D eigenvalue weighted by atomic mass is 9.92. The van der Waals surface area contributed by atoms with Crippen LogP contribution in [0.5, 0.6) is 0 Å². The van der Waals surface area contributed by atoms with Crippen LogP contribution in [-0.4, -0.2) is 17.0 Å². The number of aryl methyl sites for hydroxylation is 1. The van der Waals surface area contributed by atoms with Crippen molar-refractivity contribution in [1.82, 2.24) is 15.3 Å². The Kier molecular flexibility index (Phi) is 4.00. The molecule has 0 saturated heterocycles. The van der Waals surface area contributed by atoms with E-state index in [1.165, 1.54) is 30.5 Å². The second kappa shape index (κ2) is 5.35. The first-order valence-corrected chi connectivity index (χ1v) is 7.01. The molecule has 3 heteroatoms. The average molecular weight is 247 g/mol. The fraction of sp³-hybridized carbons (Fsp3) is 0.733. The topological polar surface area (TPSA) is 37.8 Å². The molecule has 0 spiro atoms. The van der Waals surface area contributed by atoms with Crippen LogP contribution in [0.1, 0.15) is 63.2 Å². The van der Waals surface area contributed by atoms with Crippen molar-refractivity contribution in [2.24, 2.45) is 5.41 Å². The van der Waals surface area contributed by atoms with Gasteiger partial charge in [0.1, 0.15) is 5.82 Å². The maximum atomic E-state index is 4.81. The number of aromatic nitrogens is 2. The molecule has 0 aromatic carbocycles. The van der Waals surface area contributed by atoms with Gasteiger partial charge in [-0.1, -0.05) is 27.2 Å². The zero-order chi connectivity index (χ0) is 13.2. The highest BCUT2D eigenvalue weighted by Gasteiger charge is 2.20. The number of hydrogen-bond donors (Lipinski definition) is 1. The van der Waals surface area contributed by atoms with Crippen LogP contribution >= 0.6 is 0 Å². The lowest BCUT2D eigenvalue weighted by molar-refractivity contribution is 0.399. The maximum absolute atomic E-state index is 4.81. The van der Waals surface area contributed by atoms with Gasteiger partial charge in [-0.05, 0) is 31.7 Å². The highest BCUT2D eigenvalue weighted by atomic mass is 14.9. The van der Waals surface area contributed by atoms with Crippen molar-refractivity contribution in [2.75, 3.05) is 7.05 Å². The Labute approximate surface area is 110 Å². The van der Waals surface area contributed by atoms with Gasteiger partial charge < -0.3 is 5.32 Å². The summed E-state index contributed by atoms with van der Waals surface area (Å²) in [7, 11) is 2.03. The van der Waals surface area contributed by atoms with E-state index in [0.29, 0.717) is 6.04 Å². The summed E-state index contributed by atoms with van der Waals surface area (Å²) in [6.45, 7) is 6.70. The van der Waals surface area contributed by atoms with Gasteiger partial charge in [-0.15, -0.1) is 0 Å². The first kappa shape index (κ1) is 13.5. The molecule has 1 unspecified atom stereocenters. The smallest absolute Gasteiger partial charge is 0.129 e. The molecule has 1 aliphatic rings. The zero-order valence-corrected chi connectivity index (χ0v) is 12.1. The molecule has 0 amide bonds. The molecule has 1 N–H and O–H groups in total. The minimum atomic E-state index is 0.251. The summed E-state index contributed by atoms with van der Waals surface area (Å²) >= 11 is 0. The molecule has 1 aromatic heterocycles. The summed E-state index contributed by atoms with van der Waals surface area (Å²) in [6.07, 6.45) is 7.83. The SMILES string of the molecule is CNC1CCCCc2nc(CC(C)(C)C)ncc21. The van der Waals surface area contributed by atoms with Gasteiger partial charge in [0.25, 0.3) is 0 Å². The molecule has 1 heterocycles. The van der Waals surface area contributed by atoms with Crippen molar-refractivity contribution in [3.05, 3.63) is 23.3 Å². The van der Waals surface area contributed by atoms with Gasteiger partial charge >= 0.3 is 0 Å². The molecule has 1 atom stereocenters. The minimum absolute atomic E-state index is 0.251. The summed E-state index contributed by atoms with van der Waals surface area (Å²) in [5.74, 6) is 0.998. The Morgan fingerprint density at radius 3 is 2.78 bits per heavy atom. The molecule has 0 saturated carbocycles. The van der Waals surface area contributed by atoms with Crippen LogP contribution in [0.15, 0.2) is 6.20 Å². The molecular formula is C15H25N3. The Morgan fingerprint density at radius 1 is 1.33 bits per heavy atom. The van der Waals surface area contributed by atoms with Crippen LogP contribution in [0.3, 0.4) is 0 Å². The van der Waals surface area contributed by atoms with Crippen molar-refractivity contribution in [3.8, 4) is 0 Å². The molecule has 0 radical (unpaired) electrons. The van der Waals surface area contributed by atoms with Crippen LogP contribution in [0.2, 0.25) is 0 Å². The van der Waals surface area contributed by atoms with E-state index in [9.17, 15) is 0 Å². The molecule has 100 valence electrons. The van der Waals surface area contributed by atoms with Gasteiger partial charge in [0.15, 0.2) is 0 Å². The van der Waals surface area contributed by atoms with Gasteiger partial charge in [0, 0.05) is 29.9 Å². The maximum Gasteiger partial charge on any atom is 0.129 e. The molecule has 3 nitrogen and oxygen atoms in total. The fourth-order valence-corrected chi connectivity index (χ4v) is 2.61. The summed E-state index contributed by atoms with van der Waals surface area (Å²) in [5, 5.41) is 3.39. The van der Waals surface area contributed by atoms with Crippen LogP contribution in [-0.2, 0) is 12.8 Å². The van der Waals surface area contributed by atoms with Crippen molar-refractivity contribution >= 4 is 0 Å². The molecular weight excluding hydrogens is 222 g/mol. The molecule has 2 rings (SSSR count). The normalized spacial score (nSPS) is 20.3. The van der Waals surface area contributed by atoms with Crippen LogP contribution in [0.4, 0.5) is 0 Å². The minimum Gasteiger partial charge on any atom is -0.313 e. The highest BCUT2D eigenvalue weighted by Crippen LogP contribution is 2.27. The first-order chi connectivity index (χ1) is 8.49. The van der Waals surface area contributed by atoms with Gasteiger partial charge in [-0.3, -0.25) is 0 Å². The standard InChI is InChI=1S/C15H25N3/c1-15(2,3)9-14-17-10-11-12(16-4)7-5-6-8-13(11)18-14/h10,12,16H,5-9H2,1-4H3. The molecule has 0 bridgehead atoms. The summed E-state index contributed by atoms with van der Waals surface area (Å²) in [5.41, 5.74) is 2.83. The van der Waals surface area contributed by atoms with E-state index in [1.54, 1.807) is 0 Å². The quantitative estimate of drug-likeness (QED) is 0.816. The van der Waals surface area contributed by atoms with Crippen molar-refractivity contribution in [1.29, 1.82) is 0 Å². The van der Waals surface area contributed by atoms with Gasteiger partial charge in [-0.25, -0.2) is 9.97 Å². The lowest BCUT2D eigenvalue weighted by Gasteiger charge is -2.19. The summed E-state index contributed by atoms with van der Waals surface area (Å²) < 4.78 is 0. The van der Waals surface area contributed by atoms with E-state index in [-0.39, 0.29) is 5.41 Å². The number of fused-ring (bicyclic) bond motifs is 1. The predicted octanol–water partition coefficient (Wildman–Crippen LogP) is 3.05. The first-order valence-electron chi connectivity index (χ1n) is 7.01. The van der Waals surface area contributed by atoms with Gasteiger partial charge in [0.2, 0.25) is 0 Å². The number of rotatable bonds is 2. The zero-order valence-electron chi connectivity index (χ0n) is 12.1. The van der Waals surface area contributed by atoms with Crippen LogP contribution in [0.25, 0.3) is 0 Å².